The highest BCUT2D eigenvalue weighted by Gasteiger charge is 2.14. The van der Waals surface area contributed by atoms with E-state index in [1.54, 1.807) is 12.1 Å². The largest absolute Gasteiger partial charge is 0.451 e. The van der Waals surface area contributed by atoms with E-state index in [2.05, 4.69) is 5.32 Å². The Morgan fingerprint density at radius 3 is 2.54 bits per heavy atom. The van der Waals surface area contributed by atoms with Gasteiger partial charge in [-0.1, -0.05) is 12.1 Å². The number of nitro groups is 1. The molecule has 1 N–H and O–H groups in total. The van der Waals surface area contributed by atoms with Crippen molar-refractivity contribution >= 4 is 17.3 Å². The number of rotatable bonds is 4. The lowest BCUT2D eigenvalue weighted by atomic mass is 10.1. The van der Waals surface area contributed by atoms with Crippen LogP contribution in [0, 0.1) is 15.9 Å². The smallest absolute Gasteiger partial charge is 0.291 e. The Bertz CT molecular complexity index is 903. The van der Waals surface area contributed by atoms with Crippen LogP contribution in [-0.2, 0) is 0 Å². The van der Waals surface area contributed by atoms with Crippen molar-refractivity contribution in [2.45, 2.75) is 0 Å². The Morgan fingerprint density at radius 2 is 1.83 bits per heavy atom. The molecule has 0 aliphatic rings. The molecular formula is C17H11FN2O4. The van der Waals surface area contributed by atoms with Gasteiger partial charge in [0.2, 0.25) is 0 Å². The number of non-ortho nitro benzene ring substituents is 1. The third-order valence-electron chi connectivity index (χ3n) is 3.27. The Kier molecular flexibility index (Phi) is 4.07. The number of nitrogens with zero attached hydrogens (tertiary/aromatic N) is 1. The van der Waals surface area contributed by atoms with E-state index in [1.165, 1.54) is 48.5 Å². The molecule has 0 saturated heterocycles. The van der Waals surface area contributed by atoms with Gasteiger partial charge in [-0.3, -0.25) is 14.9 Å². The summed E-state index contributed by atoms with van der Waals surface area (Å²) in [5.41, 5.74) is 0.848. The average molecular weight is 326 g/mol. The van der Waals surface area contributed by atoms with Crippen molar-refractivity contribution in [3.8, 4) is 11.3 Å². The molecule has 2 aromatic carbocycles. The maximum atomic E-state index is 12.8. The van der Waals surface area contributed by atoms with E-state index in [0.717, 1.165) is 0 Å². The number of benzene rings is 2. The highest BCUT2D eigenvalue weighted by atomic mass is 19.1. The van der Waals surface area contributed by atoms with Crippen LogP contribution < -0.4 is 5.32 Å². The quantitative estimate of drug-likeness (QED) is 0.574. The number of furan rings is 1. The molecule has 0 radical (unpaired) electrons. The van der Waals surface area contributed by atoms with Crippen LogP contribution in [0.15, 0.2) is 65.1 Å². The molecule has 0 unspecified atom stereocenters. The van der Waals surface area contributed by atoms with E-state index in [1.807, 2.05) is 0 Å². The van der Waals surface area contributed by atoms with Gasteiger partial charge >= 0.3 is 0 Å². The minimum absolute atomic E-state index is 0.0424. The van der Waals surface area contributed by atoms with Crippen LogP contribution in [0.1, 0.15) is 10.6 Å². The molecule has 3 rings (SSSR count). The molecule has 6 nitrogen and oxygen atoms in total. The first-order valence-electron chi connectivity index (χ1n) is 6.94. The van der Waals surface area contributed by atoms with Crippen molar-refractivity contribution in [3.63, 3.8) is 0 Å². The van der Waals surface area contributed by atoms with Gasteiger partial charge in [0, 0.05) is 23.4 Å². The predicted molar refractivity (Wildman–Crippen MR) is 85.2 cm³/mol. The second kappa shape index (κ2) is 6.33. The summed E-state index contributed by atoms with van der Waals surface area (Å²) < 4.78 is 18.3. The summed E-state index contributed by atoms with van der Waals surface area (Å²) in [4.78, 5) is 22.4. The number of carbonyl (C=O) groups excluding carboxylic acids is 1. The zero-order chi connectivity index (χ0) is 17.1. The molecular weight excluding hydrogens is 315 g/mol. The number of hydrogen-bond donors (Lipinski definition) is 1. The van der Waals surface area contributed by atoms with Crippen LogP contribution in [-0.4, -0.2) is 10.8 Å². The van der Waals surface area contributed by atoms with E-state index < -0.39 is 16.6 Å². The predicted octanol–water partition coefficient (Wildman–Crippen LogP) is 4.25. The van der Waals surface area contributed by atoms with Crippen LogP contribution in [0.5, 0.6) is 0 Å². The number of nitro benzene ring substituents is 1. The highest BCUT2D eigenvalue weighted by Crippen LogP contribution is 2.26. The summed E-state index contributed by atoms with van der Waals surface area (Å²) in [5.74, 6) is -0.527. The Labute approximate surface area is 135 Å². The number of anilines is 1. The summed E-state index contributed by atoms with van der Waals surface area (Å²) >= 11 is 0. The van der Waals surface area contributed by atoms with E-state index in [9.17, 15) is 19.3 Å². The van der Waals surface area contributed by atoms with Crippen LogP contribution >= 0.6 is 0 Å². The topological polar surface area (TPSA) is 85.4 Å². The van der Waals surface area contributed by atoms with E-state index in [0.29, 0.717) is 17.0 Å². The van der Waals surface area contributed by atoms with Crippen molar-refractivity contribution in [1.82, 2.24) is 0 Å². The van der Waals surface area contributed by atoms with E-state index in [-0.39, 0.29) is 11.4 Å². The summed E-state index contributed by atoms with van der Waals surface area (Å²) in [6.07, 6.45) is 0. The summed E-state index contributed by atoms with van der Waals surface area (Å²) in [6.45, 7) is 0. The molecule has 1 aromatic heterocycles. The van der Waals surface area contributed by atoms with Crippen molar-refractivity contribution in [2.24, 2.45) is 0 Å². The van der Waals surface area contributed by atoms with Gasteiger partial charge < -0.3 is 9.73 Å². The van der Waals surface area contributed by atoms with Gasteiger partial charge in [-0.15, -0.1) is 0 Å². The minimum Gasteiger partial charge on any atom is -0.451 e. The third-order valence-corrected chi connectivity index (χ3v) is 3.27. The van der Waals surface area contributed by atoms with Gasteiger partial charge in [0.05, 0.1) is 4.92 Å². The van der Waals surface area contributed by atoms with Gasteiger partial charge in [-0.25, -0.2) is 4.39 Å². The van der Waals surface area contributed by atoms with Gasteiger partial charge in [-0.2, -0.15) is 0 Å². The molecule has 0 saturated carbocycles. The number of carbonyl (C=O) groups is 1. The molecule has 0 spiro atoms. The van der Waals surface area contributed by atoms with Crippen LogP contribution in [0.3, 0.4) is 0 Å². The van der Waals surface area contributed by atoms with Gasteiger partial charge in [0.25, 0.3) is 11.6 Å². The van der Waals surface area contributed by atoms with Gasteiger partial charge in [0.15, 0.2) is 5.76 Å². The van der Waals surface area contributed by atoms with E-state index in [4.69, 9.17) is 4.42 Å². The molecule has 1 heterocycles. The van der Waals surface area contributed by atoms with E-state index >= 15 is 0 Å². The van der Waals surface area contributed by atoms with Gasteiger partial charge in [-0.05, 0) is 36.4 Å². The fraction of sp³-hybridized carbons (Fsp3) is 0. The van der Waals surface area contributed by atoms with Crippen molar-refractivity contribution < 1.29 is 18.5 Å². The molecule has 0 aliphatic carbocycles. The van der Waals surface area contributed by atoms with Crippen LogP contribution in [0.25, 0.3) is 11.3 Å². The van der Waals surface area contributed by atoms with Crippen molar-refractivity contribution in [2.75, 3.05) is 5.32 Å². The second-order valence-electron chi connectivity index (χ2n) is 4.93. The van der Waals surface area contributed by atoms with Gasteiger partial charge in [0.1, 0.15) is 11.6 Å². The highest BCUT2D eigenvalue weighted by molar-refractivity contribution is 6.02. The lowest BCUT2D eigenvalue weighted by Gasteiger charge is -2.02. The molecule has 7 heteroatoms. The van der Waals surface area contributed by atoms with Crippen molar-refractivity contribution in [1.29, 1.82) is 0 Å². The second-order valence-corrected chi connectivity index (χ2v) is 4.93. The fourth-order valence-corrected chi connectivity index (χ4v) is 2.11. The standard InChI is InChI=1S/C17H11FN2O4/c18-12-4-6-13(7-5-12)19-17(21)16-9-8-15(24-16)11-2-1-3-14(10-11)20(22)23/h1-10H,(H,19,21). The monoisotopic (exact) mass is 326 g/mol. The summed E-state index contributed by atoms with van der Waals surface area (Å²) in [7, 11) is 0. The number of nitrogens with one attached hydrogen (secondary N) is 1. The molecule has 1 amide bonds. The lowest BCUT2D eigenvalue weighted by molar-refractivity contribution is -0.384. The Balaban J connectivity index is 1.80. The Morgan fingerprint density at radius 1 is 1.08 bits per heavy atom. The molecule has 0 atom stereocenters. The fourth-order valence-electron chi connectivity index (χ4n) is 2.11. The molecule has 0 aliphatic heterocycles. The van der Waals surface area contributed by atoms with Crippen LogP contribution in [0.4, 0.5) is 15.8 Å². The maximum absolute atomic E-state index is 12.8. The van der Waals surface area contributed by atoms with Crippen LogP contribution in [0.2, 0.25) is 0 Å². The maximum Gasteiger partial charge on any atom is 0.291 e. The molecule has 0 bridgehead atoms. The first-order chi connectivity index (χ1) is 11.5. The average Bonchev–Trinajstić information content (AvgIpc) is 3.07. The first-order valence-corrected chi connectivity index (χ1v) is 6.94. The Hall–Kier alpha value is -3.48. The zero-order valence-corrected chi connectivity index (χ0v) is 12.2. The lowest BCUT2D eigenvalue weighted by Crippen LogP contribution is -2.10. The molecule has 120 valence electrons. The number of hydrogen-bond acceptors (Lipinski definition) is 4. The third kappa shape index (κ3) is 3.30. The first kappa shape index (κ1) is 15.4. The normalized spacial score (nSPS) is 10.4. The molecule has 24 heavy (non-hydrogen) atoms. The van der Waals surface area contributed by atoms with Crippen molar-refractivity contribution in [3.05, 3.63) is 82.4 Å². The number of amides is 1. The number of halogens is 1. The molecule has 3 aromatic rings. The SMILES string of the molecule is O=C(Nc1ccc(F)cc1)c1ccc(-c2cccc([N+](=O)[O-])c2)o1. The minimum atomic E-state index is -0.505. The molecule has 0 fully saturated rings. The summed E-state index contributed by atoms with van der Waals surface area (Å²) in [6, 6.07) is 14.2. The summed E-state index contributed by atoms with van der Waals surface area (Å²) in [5, 5.41) is 13.4. The zero-order valence-electron chi connectivity index (χ0n) is 12.2.